The maximum atomic E-state index is 13.2. The number of hydrogen-bond donors (Lipinski definition) is 1. The summed E-state index contributed by atoms with van der Waals surface area (Å²) in [6, 6.07) is 22.9. The molecular weight excluding hydrogens is 470 g/mol. The van der Waals surface area contributed by atoms with E-state index < -0.39 is 5.97 Å². The van der Waals surface area contributed by atoms with Gasteiger partial charge in [-0.05, 0) is 65.9 Å². The number of carbonyl (C=O) groups excluding carboxylic acids is 1. The SMILES string of the molecule is O=C(O)Cc1ccc(OCc2ccccc2CN(C(=O)c2ccc(Br)cc2)C2CC2)cc1. The van der Waals surface area contributed by atoms with Gasteiger partial charge in [-0.3, -0.25) is 9.59 Å². The van der Waals surface area contributed by atoms with Crippen molar-refractivity contribution >= 4 is 27.8 Å². The van der Waals surface area contributed by atoms with Crippen LogP contribution in [0.5, 0.6) is 5.75 Å². The summed E-state index contributed by atoms with van der Waals surface area (Å²) < 4.78 is 6.90. The molecule has 1 amide bonds. The lowest BCUT2D eigenvalue weighted by atomic mass is 10.1. The Bertz CT molecular complexity index is 1090. The van der Waals surface area contributed by atoms with E-state index >= 15 is 0 Å². The summed E-state index contributed by atoms with van der Waals surface area (Å²) >= 11 is 3.42. The molecule has 1 fully saturated rings. The molecule has 0 radical (unpaired) electrons. The van der Waals surface area contributed by atoms with Gasteiger partial charge in [0.15, 0.2) is 0 Å². The Balaban J connectivity index is 1.45. The lowest BCUT2D eigenvalue weighted by molar-refractivity contribution is -0.136. The molecule has 5 nitrogen and oxygen atoms in total. The number of aliphatic carboxylic acids is 1. The van der Waals surface area contributed by atoms with E-state index in [1.165, 1.54) is 0 Å². The third-order valence-electron chi connectivity index (χ3n) is 5.47. The van der Waals surface area contributed by atoms with Crippen molar-refractivity contribution in [2.75, 3.05) is 0 Å². The molecule has 0 aromatic heterocycles. The molecule has 164 valence electrons. The Morgan fingerprint density at radius 3 is 2.22 bits per heavy atom. The van der Waals surface area contributed by atoms with Gasteiger partial charge in [0.2, 0.25) is 0 Å². The van der Waals surface area contributed by atoms with Gasteiger partial charge in [-0.2, -0.15) is 0 Å². The zero-order valence-electron chi connectivity index (χ0n) is 17.5. The number of ether oxygens (including phenoxy) is 1. The minimum absolute atomic E-state index is 0.00743. The summed E-state index contributed by atoms with van der Waals surface area (Å²) in [5.74, 6) is -0.130. The highest BCUT2D eigenvalue weighted by molar-refractivity contribution is 9.10. The van der Waals surface area contributed by atoms with E-state index in [4.69, 9.17) is 9.84 Å². The third-order valence-corrected chi connectivity index (χ3v) is 6.00. The first kappa shape index (κ1) is 22.1. The highest BCUT2D eigenvalue weighted by Gasteiger charge is 2.33. The Labute approximate surface area is 195 Å². The number of benzene rings is 3. The normalized spacial score (nSPS) is 12.9. The van der Waals surface area contributed by atoms with Crippen molar-refractivity contribution in [3.05, 3.63) is 99.5 Å². The van der Waals surface area contributed by atoms with Gasteiger partial charge in [-0.1, -0.05) is 52.3 Å². The van der Waals surface area contributed by atoms with E-state index in [-0.39, 0.29) is 18.4 Å². The second-order valence-corrected chi connectivity index (χ2v) is 8.86. The highest BCUT2D eigenvalue weighted by atomic mass is 79.9. The van der Waals surface area contributed by atoms with Crippen molar-refractivity contribution in [1.82, 2.24) is 4.90 Å². The monoisotopic (exact) mass is 493 g/mol. The van der Waals surface area contributed by atoms with E-state index in [1.54, 1.807) is 24.3 Å². The molecule has 0 bridgehead atoms. The van der Waals surface area contributed by atoms with Crippen molar-refractivity contribution in [1.29, 1.82) is 0 Å². The molecule has 0 atom stereocenters. The summed E-state index contributed by atoms with van der Waals surface area (Å²) in [4.78, 5) is 26.0. The van der Waals surface area contributed by atoms with E-state index in [2.05, 4.69) is 15.9 Å². The molecule has 1 N–H and O–H groups in total. The van der Waals surface area contributed by atoms with Gasteiger partial charge in [0.1, 0.15) is 12.4 Å². The predicted octanol–water partition coefficient (Wildman–Crippen LogP) is 5.46. The van der Waals surface area contributed by atoms with Gasteiger partial charge in [0.05, 0.1) is 6.42 Å². The first-order valence-electron chi connectivity index (χ1n) is 10.6. The van der Waals surface area contributed by atoms with Gasteiger partial charge in [-0.15, -0.1) is 0 Å². The second-order valence-electron chi connectivity index (χ2n) is 7.94. The summed E-state index contributed by atoms with van der Waals surface area (Å²) in [6.45, 7) is 0.913. The van der Waals surface area contributed by atoms with Crippen molar-refractivity contribution in [2.24, 2.45) is 0 Å². The molecular formula is C26H24BrNO4. The van der Waals surface area contributed by atoms with Crippen LogP contribution in [0.3, 0.4) is 0 Å². The molecule has 6 heteroatoms. The lowest BCUT2D eigenvalue weighted by Crippen LogP contribution is -2.33. The molecule has 0 spiro atoms. The van der Waals surface area contributed by atoms with Gasteiger partial charge in [0.25, 0.3) is 5.91 Å². The van der Waals surface area contributed by atoms with Gasteiger partial charge < -0.3 is 14.7 Å². The average Bonchev–Trinajstić information content (AvgIpc) is 3.63. The van der Waals surface area contributed by atoms with Crippen LogP contribution in [0.2, 0.25) is 0 Å². The van der Waals surface area contributed by atoms with E-state index in [1.807, 2.05) is 53.4 Å². The minimum atomic E-state index is -0.856. The zero-order chi connectivity index (χ0) is 22.5. The number of carboxylic acids is 1. The lowest BCUT2D eigenvalue weighted by Gasteiger charge is -2.24. The smallest absolute Gasteiger partial charge is 0.307 e. The van der Waals surface area contributed by atoms with Crippen molar-refractivity contribution in [2.45, 2.75) is 38.5 Å². The van der Waals surface area contributed by atoms with Gasteiger partial charge in [-0.25, -0.2) is 0 Å². The maximum absolute atomic E-state index is 13.2. The Hall–Kier alpha value is -3.12. The molecule has 1 aliphatic carbocycles. The number of halogens is 1. The third kappa shape index (κ3) is 5.77. The molecule has 1 saturated carbocycles. The molecule has 0 aliphatic heterocycles. The second kappa shape index (κ2) is 10.0. The minimum Gasteiger partial charge on any atom is -0.489 e. The fourth-order valence-electron chi connectivity index (χ4n) is 3.59. The maximum Gasteiger partial charge on any atom is 0.307 e. The number of carbonyl (C=O) groups is 2. The van der Waals surface area contributed by atoms with E-state index in [0.29, 0.717) is 24.5 Å². The topological polar surface area (TPSA) is 66.8 Å². The van der Waals surface area contributed by atoms with Crippen LogP contribution in [0.1, 0.15) is 39.9 Å². The van der Waals surface area contributed by atoms with Crippen LogP contribution in [-0.4, -0.2) is 27.9 Å². The molecule has 4 rings (SSSR count). The molecule has 0 heterocycles. The first-order chi connectivity index (χ1) is 15.5. The van der Waals surface area contributed by atoms with E-state index in [0.717, 1.165) is 34.0 Å². The van der Waals surface area contributed by atoms with Crippen LogP contribution in [0.15, 0.2) is 77.3 Å². The zero-order valence-corrected chi connectivity index (χ0v) is 19.1. The number of carboxylic acid groups (broad SMARTS) is 1. The van der Waals surface area contributed by atoms with Crippen LogP contribution < -0.4 is 4.74 Å². The standard InChI is InChI=1S/C26H24BrNO4/c27-22-9-7-19(8-10-22)26(31)28(23-11-12-23)16-20-3-1-2-4-21(20)17-32-24-13-5-18(6-14-24)15-25(29)30/h1-10,13-14,23H,11-12,15-17H2,(H,29,30). The number of hydrogen-bond acceptors (Lipinski definition) is 3. The molecule has 1 aliphatic rings. The molecule has 32 heavy (non-hydrogen) atoms. The van der Waals surface area contributed by atoms with Crippen LogP contribution >= 0.6 is 15.9 Å². The highest BCUT2D eigenvalue weighted by Crippen LogP contribution is 2.31. The number of rotatable bonds is 9. The van der Waals surface area contributed by atoms with Crippen LogP contribution in [0, 0.1) is 0 Å². The van der Waals surface area contributed by atoms with Crippen molar-refractivity contribution < 1.29 is 19.4 Å². The van der Waals surface area contributed by atoms with E-state index in [9.17, 15) is 9.59 Å². The predicted molar refractivity (Wildman–Crippen MR) is 126 cm³/mol. The Kier molecular flexibility index (Phi) is 6.90. The quantitative estimate of drug-likeness (QED) is 0.429. The van der Waals surface area contributed by atoms with Crippen LogP contribution in [0.4, 0.5) is 0 Å². The summed E-state index contributed by atoms with van der Waals surface area (Å²) in [5.41, 5.74) is 3.51. The summed E-state index contributed by atoms with van der Waals surface area (Å²) in [6.07, 6.45) is 2.06. The Morgan fingerprint density at radius 2 is 1.59 bits per heavy atom. The summed E-state index contributed by atoms with van der Waals surface area (Å²) in [7, 11) is 0. The first-order valence-corrected chi connectivity index (χ1v) is 11.4. The molecule has 0 saturated heterocycles. The fourth-order valence-corrected chi connectivity index (χ4v) is 3.85. The largest absolute Gasteiger partial charge is 0.489 e. The molecule has 3 aromatic rings. The fraction of sp³-hybridized carbons (Fsp3) is 0.231. The number of nitrogens with zero attached hydrogens (tertiary/aromatic N) is 1. The van der Waals surface area contributed by atoms with Crippen LogP contribution in [-0.2, 0) is 24.4 Å². The molecule has 0 unspecified atom stereocenters. The van der Waals surface area contributed by atoms with Crippen molar-refractivity contribution in [3.63, 3.8) is 0 Å². The number of amides is 1. The Morgan fingerprint density at radius 1 is 0.938 bits per heavy atom. The van der Waals surface area contributed by atoms with Crippen LogP contribution in [0.25, 0.3) is 0 Å². The summed E-state index contributed by atoms with van der Waals surface area (Å²) in [5, 5.41) is 8.90. The molecule has 3 aromatic carbocycles. The average molecular weight is 494 g/mol. The van der Waals surface area contributed by atoms with Crippen molar-refractivity contribution in [3.8, 4) is 5.75 Å². The van der Waals surface area contributed by atoms with Gasteiger partial charge in [0, 0.05) is 22.6 Å². The van der Waals surface area contributed by atoms with Gasteiger partial charge >= 0.3 is 5.97 Å².